The van der Waals surface area contributed by atoms with Crippen molar-refractivity contribution in [2.75, 3.05) is 36.0 Å². The van der Waals surface area contributed by atoms with E-state index < -0.39 is 0 Å². The lowest BCUT2D eigenvalue weighted by molar-refractivity contribution is -0.915. The molecule has 2 aliphatic rings. The highest BCUT2D eigenvalue weighted by Crippen LogP contribution is 2.27. The van der Waals surface area contributed by atoms with Crippen LogP contribution in [0.3, 0.4) is 0 Å². The van der Waals surface area contributed by atoms with Crippen molar-refractivity contribution in [2.24, 2.45) is 0 Å². The van der Waals surface area contributed by atoms with E-state index in [0.29, 0.717) is 10.7 Å². The number of imide groups is 1. The molecule has 0 aromatic heterocycles. The molecule has 2 aliphatic heterocycles. The van der Waals surface area contributed by atoms with Crippen LogP contribution in [0.25, 0.3) is 0 Å². The maximum Gasteiger partial charge on any atom is 0.292 e. The summed E-state index contributed by atoms with van der Waals surface area (Å²) in [6.07, 6.45) is 0.269. The molecular weight excluding hydrogens is 362 g/mol. The van der Waals surface area contributed by atoms with Crippen molar-refractivity contribution < 1.29 is 14.5 Å². The predicted molar refractivity (Wildman–Crippen MR) is 106 cm³/mol. The van der Waals surface area contributed by atoms with Crippen molar-refractivity contribution in [3.8, 4) is 0 Å². The summed E-state index contributed by atoms with van der Waals surface area (Å²) >= 11 is 6.19. The normalized spacial score (nSPS) is 21.2. The van der Waals surface area contributed by atoms with Crippen LogP contribution in [0.1, 0.15) is 12.0 Å². The van der Waals surface area contributed by atoms with Crippen LogP contribution >= 0.6 is 11.6 Å². The fraction of sp³-hybridized carbons (Fsp3) is 0.333. The SMILES string of the molecule is Cc1ccc(N2C(=O)C[C@@H]([NH+]3CCN(c4ccccc4)CC3)C2=O)cc1Cl. The van der Waals surface area contributed by atoms with Gasteiger partial charge in [-0.3, -0.25) is 9.59 Å². The highest BCUT2D eigenvalue weighted by molar-refractivity contribution is 6.32. The molecule has 0 aliphatic carbocycles. The lowest BCUT2D eigenvalue weighted by atomic mass is 10.1. The van der Waals surface area contributed by atoms with Gasteiger partial charge in [-0.25, -0.2) is 4.90 Å². The zero-order valence-electron chi connectivity index (χ0n) is 15.3. The first kappa shape index (κ1) is 18.0. The number of carbonyl (C=O) groups is 2. The Morgan fingerprint density at radius 3 is 2.37 bits per heavy atom. The Labute approximate surface area is 164 Å². The van der Waals surface area contributed by atoms with Crippen LogP contribution in [0.15, 0.2) is 48.5 Å². The van der Waals surface area contributed by atoms with E-state index in [9.17, 15) is 9.59 Å². The highest BCUT2D eigenvalue weighted by Gasteiger charge is 2.46. The summed E-state index contributed by atoms with van der Waals surface area (Å²) in [5, 5.41) is 0.570. The number of benzene rings is 2. The number of quaternary nitrogens is 1. The van der Waals surface area contributed by atoms with Crippen LogP contribution in [0, 0.1) is 6.92 Å². The first-order valence-corrected chi connectivity index (χ1v) is 9.70. The van der Waals surface area contributed by atoms with Gasteiger partial charge in [0.1, 0.15) is 0 Å². The van der Waals surface area contributed by atoms with Gasteiger partial charge in [-0.05, 0) is 36.8 Å². The molecule has 0 saturated carbocycles. The summed E-state index contributed by atoms with van der Waals surface area (Å²) in [6, 6.07) is 15.4. The first-order valence-electron chi connectivity index (χ1n) is 9.32. The Bertz CT molecular complexity index is 863. The topological polar surface area (TPSA) is 45.1 Å². The van der Waals surface area contributed by atoms with E-state index in [1.54, 1.807) is 12.1 Å². The van der Waals surface area contributed by atoms with E-state index >= 15 is 0 Å². The molecule has 27 heavy (non-hydrogen) atoms. The molecule has 2 aromatic rings. The number of halogens is 1. The minimum atomic E-state index is -0.296. The minimum Gasteiger partial charge on any atom is -0.360 e. The Morgan fingerprint density at radius 2 is 1.70 bits per heavy atom. The maximum absolute atomic E-state index is 13.0. The van der Waals surface area contributed by atoms with E-state index in [2.05, 4.69) is 17.0 Å². The number of piperazine rings is 1. The van der Waals surface area contributed by atoms with Crippen molar-refractivity contribution >= 4 is 34.8 Å². The van der Waals surface area contributed by atoms with Crippen molar-refractivity contribution in [2.45, 2.75) is 19.4 Å². The molecule has 2 saturated heterocycles. The molecule has 5 nitrogen and oxygen atoms in total. The lowest BCUT2D eigenvalue weighted by Gasteiger charge is -2.35. The molecule has 6 heteroatoms. The Hall–Kier alpha value is -2.37. The fourth-order valence-electron chi connectivity index (χ4n) is 3.98. The van der Waals surface area contributed by atoms with Gasteiger partial charge in [0.05, 0.1) is 38.3 Å². The largest absolute Gasteiger partial charge is 0.360 e. The van der Waals surface area contributed by atoms with E-state index in [1.165, 1.54) is 15.5 Å². The number of nitrogens with zero attached hydrogens (tertiary/aromatic N) is 2. The van der Waals surface area contributed by atoms with Crippen molar-refractivity contribution in [3.63, 3.8) is 0 Å². The lowest BCUT2D eigenvalue weighted by Crippen LogP contribution is -3.19. The van der Waals surface area contributed by atoms with Crippen LogP contribution in [-0.4, -0.2) is 44.0 Å². The standard InChI is InChI=1S/C21H22ClN3O2/c1-15-7-8-17(13-18(15)22)25-20(26)14-19(21(25)27)24-11-9-23(10-12-24)16-5-3-2-4-6-16/h2-8,13,19H,9-12,14H2,1H3/p+1/t19-/m1/s1. The third-order valence-corrected chi connectivity index (χ3v) is 5.99. The summed E-state index contributed by atoms with van der Waals surface area (Å²) in [5.74, 6) is -0.244. The van der Waals surface area contributed by atoms with Crippen LogP contribution in [-0.2, 0) is 9.59 Å². The van der Waals surface area contributed by atoms with Crippen LogP contribution in [0.2, 0.25) is 5.02 Å². The molecule has 0 unspecified atom stereocenters. The van der Waals surface area contributed by atoms with Gasteiger partial charge in [-0.1, -0.05) is 35.9 Å². The first-order chi connectivity index (χ1) is 13.0. The quantitative estimate of drug-likeness (QED) is 0.819. The predicted octanol–water partition coefficient (Wildman–Crippen LogP) is 1.69. The summed E-state index contributed by atoms with van der Waals surface area (Å²) in [6.45, 7) is 5.36. The molecule has 2 amide bonds. The number of amides is 2. The Balaban J connectivity index is 1.45. The molecule has 0 bridgehead atoms. The van der Waals surface area contributed by atoms with Crippen molar-refractivity contribution in [3.05, 3.63) is 59.1 Å². The summed E-state index contributed by atoms with van der Waals surface area (Å²) < 4.78 is 0. The van der Waals surface area contributed by atoms with Crippen LogP contribution < -0.4 is 14.7 Å². The van der Waals surface area contributed by atoms with E-state index in [1.807, 2.05) is 31.2 Å². The second-order valence-electron chi connectivity index (χ2n) is 7.24. The van der Waals surface area contributed by atoms with E-state index in [0.717, 1.165) is 31.7 Å². The zero-order valence-corrected chi connectivity index (χ0v) is 16.1. The molecule has 140 valence electrons. The summed E-state index contributed by atoms with van der Waals surface area (Å²) in [5.41, 5.74) is 2.71. The van der Waals surface area contributed by atoms with Gasteiger partial charge in [-0.15, -0.1) is 0 Å². The van der Waals surface area contributed by atoms with Crippen LogP contribution in [0.5, 0.6) is 0 Å². The second-order valence-corrected chi connectivity index (χ2v) is 7.65. The average Bonchev–Trinajstić information content (AvgIpc) is 2.99. The fourth-order valence-corrected chi connectivity index (χ4v) is 4.16. The monoisotopic (exact) mass is 384 g/mol. The van der Waals surface area contributed by atoms with Gasteiger partial charge >= 0.3 is 0 Å². The van der Waals surface area contributed by atoms with E-state index in [4.69, 9.17) is 11.6 Å². The average molecular weight is 385 g/mol. The van der Waals surface area contributed by atoms with Gasteiger partial charge in [-0.2, -0.15) is 0 Å². The number of aryl methyl sites for hydroxylation is 1. The third kappa shape index (κ3) is 3.45. The molecule has 2 heterocycles. The molecule has 2 aromatic carbocycles. The molecule has 1 N–H and O–H groups in total. The van der Waals surface area contributed by atoms with Gasteiger partial charge in [0.15, 0.2) is 6.04 Å². The number of nitrogens with one attached hydrogen (secondary N) is 1. The minimum absolute atomic E-state index is 0.108. The number of carbonyl (C=O) groups excluding carboxylic acids is 2. The summed E-state index contributed by atoms with van der Waals surface area (Å²) in [7, 11) is 0. The molecule has 0 radical (unpaired) electrons. The van der Waals surface area contributed by atoms with Gasteiger partial charge in [0, 0.05) is 10.7 Å². The number of hydrogen-bond donors (Lipinski definition) is 1. The molecule has 4 rings (SSSR count). The Kier molecular flexibility index (Phi) is 4.89. The molecule has 2 fully saturated rings. The van der Waals surface area contributed by atoms with E-state index in [-0.39, 0.29) is 24.3 Å². The van der Waals surface area contributed by atoms with Gasteiger partial charge < -0.3 is 9.80 Å². The molecule has 0 spiro atoms. The van der Waals surface area contributed by atoms with Gasteiger partial charge in [0.2, 0.25) is 5.91 Å². The number of hydrogen-bond acceptors (Lipinski definition) is 3. The van der Waals surface area contributed by atoms with Crippen molar-refractivity contribution in [1.82, 2.24) is 0 Å². The Morgan fingerprint density at radius 1 is 1.00 bits per heavy atom. The zero-order chi connectivity index (χ0) is 19.0. The molecular formula is C21H23ClN3O2+. The van der Waals surface area contributed by atoms with Gasteiger partial charge in [0.25, 0.3) is 5.91 Å². The van der Waals surface area contributed by atoms with Crippen molar-refractivity contribution in [1.29, 1.82) is 0 Å². The third-order valence-electron chi connectivity index (χ3n) is 5.58. The smallest absolute Gasteiger partial charge is 0.292 e. The number of rotatable bonds is 3. The number of para-hydroxylation sites is 1. The summed E-state index contributed by atoms with van der Waals surface area (Å²) in [4.78, 5) is 30.4. The van der Waals surface area contributed by atoms with Crippen LogP contribution in [0.4, 0.5) is 11.4 Å². The maximum atomic E-state index is 13.0. The second kappa shape index (κ2) is 7.33. The number of anilines is 2. The highest BCUT2D eigenvalue weighted by atomic mass is 35.5. The molecule has 1 atom stereocenters.